The summed E-state index contributed by atoms with van der Waals surface area (Å²) in [4.78, 5) is 45.9. The van der Waals surface area contributed by atoms with E-state index >= 15 is 0 Å². The van der Waals surface area contributed by atoms with Gasteiger partial charge in [-0.05, 0) is 30.4 Å². The van der Waals surface area contributed by atoms with Crippen LogP contribution in [-0.4, -0.2) is 32.3 Å². The fourth-order valence-corrected chi connectivity index (χ4v) is 4.36. The van der Waals surface area contributed by atoms with E-state index in [1.54, 1.807) is 0 Å². The first-order valence-electron chi connectivity index (χ1n) is 7.11. The van der Waals surface area contributed by atoms with Crippen molar-refractivity contribution in [3.8, 4) is 0 Å². The Morgan fingerprint density at radius 1 is 0.880 bits per heavy atom. The molecule has 1 unspecified atom stereocenters. The van der Waals surface area contributed by atoms with Gasteiger partial charge in [0.05, 0.1) is 32.4 Å². The van der Waals surface area contributed by atoms with Crippen molar-refractivity contribution in [1.29, 1.82) is 0 Å². The Balaban J connectivity index is 1.76. The SMILES string of the molecule is O=C1OC(=O)C2CC(S(=O)(=O)c3ccc4c(c3)C(=O)OC4=O)=CC=C12. The first-order chi connectivity index (χ1) is 11.8. The Morgan fingerprint density at radius 3 is 2.36 bits per heavy atom. The molecule has 1 fully saturated rings. The van der Waals surface area contributed by atoms with E-state index in [0.29, 0.717) is 0 Å². The smallest absolute Gasteiger partial charge is 0.346 e. The predicted octanol–water partition coefficient (Wildman–Crippen LogP) is 0.684. The monoisotopic (exact) mass is 360 g/mol. The van der Waals surface area contributed by atoms with E-state index in [2.05, 4.69) is 9.47 Å². The van der Waals surface area contributed by atoms with Gasteiger partial charge in [-0.25, -0.2) is 22.8 Å². The molecule has 0 N–H and O–H groups in total. The van der Waals surface area contributed by atoms with Gasteiger partial charge in [-0.15, -0.1) is 0 Å². The molecule has 0 bridgehead atoms. The molecule has 0 spiro atoms. The highest BCUT2D eigenvalue weighted by atomic mass is 32.2. The lowest BCUT2D eigenvalue weighted by molar-refractivity contribution is -0.152. The molecule has 0 radical (unpaired) electrons. The summed E-state index contributed by atoms with van der Waals surface area (Å²) in [6, 6.07) is 3.45. The molecule has 1 saturated heterocycles. The molecule has 1 aromatic rings. The van der Waals surface area contributed by atoms with Crippen LogP contribution in [0.4, 0.5) is 0 Å². The highest BCUT2D eigenvalue weighted by molar-refractivity contribution is 7.95. The van der Waals surface area contributed by atoms with E-state index in [1.165, 1.54) is 24.3 Å². The summed E-state index contributed by atoms with van der Waals surface area (Å²) < 4.78 is 34.5. The maximum absolute atomic E-state index is 12.8. The molecule has 126 valence electrons. The molecule has 0 aromatic heterocycles. The highest BCUT2D eigenvalue weighted by Gasteiger charge is 2.43. The van der Waals surface area contributed by atoms with Gasteiger partial charge in [0.15, 0.2) is 0 Å². The molecule has 1 aliphatic carbocycles. The number of sulfone groups is 1. The highest BCUT2D eigenvalue weighted by Crippen LogP contribution is 2.37. The summed E-state index contributed by atoms with van der Waals surface area (Å²) in [6.07, 6.45) is 2.27. The number of allylic oxidation sites excluding steroid dienone is 3. The number of carbonyl (C=O) groups excluding carboxylic acids is 4. The van der Waals surface area contributed by atoms with Crippen molar-refractivity contribution in [2.45, 2.75) is 11.3 Å². The zero-order valence-corrected chi connectivity index (χ0v) is 13.2. The number of esters is 4. The van der Waals surface area contributed by atoms with Crippen LogP contribution in [0, 0.1) is 5.92 Å². The number of carbonyl (C=O) groups is 4. The number of fused-ring (bicyclic) bond motifs is 2. The minimum Gasteiger partial charge on any atom is -0.389 e. The normalized spacial score (nSPS) is 22.0. The third kappa shape index (κ3) is 2.16. The maximum atomic E-state index is 12.8. The summed E-state index contributed by atoms with van der Waals surface area (Å²) >= 11 is 0. The lowest BCUT2D eigenvalue weighted by atomic mass is 9.94. The molecule has 1 atom stereocenters. The molecule has 3 aliphatic rings. The summed E-state index contributed by atoms with van der Waals surface area (Å²) in [5.74, 6) is -4.27. The van der Waals surface area contributed by atoms with Crippen LogP contribution in [0.1, 0.15) is 27.1 Å². The summed E-state index contributed by atoms with van der Waals surface area (Å²) in [6.45, 7) is 0. The molecule has 1 aromatic carbocycles. The van der Waals surface area contributed by atoms with Crippen molar-refractivity contribution in [2.24, 2.45) is 5.92 Å². The number of benzene rings is 1. The second-order valence-corrected chi connectivity index (χ2v) is 7.61. The predicted molar refractivity (Wildman–Crippen MR) is 78.7 cm³/mol. The van der Waals surface area contributed by atoms with Crippen LogP contribution >= 0.6 is 0 Å². The fourth-order valence-electron chi connectivity index (χ4n) is 2.90. The van der Waals surface area contributed by atoms with Gasteiger partial charge in [0.2, 0.25) is 9.84 Å². The minimum atomic E-state index is -4.03. The van der Waals surface area contributed by atoms with Gasteiger partial charge in [-0.1, -0.05) is 0 Å². The van der Waals surface area contributed by atoms with Crippen LogP contribution in [0.5, 0.6) is 0 Å². The number of rotatable bonds is 2. The van der Waals surface area contributed by atoms with Gasteiger partial charge in [-0.2, -0.15) is 0 Å². The second-order valence-electron chi connectivity index (χ2n) is 5.61. The van der Waals surface area contributed by atoms with E-state index in [9.17, 15) is 27.6 Å². The van der Waals surface area contributed by atoms with E-state index in [1.807, 2.05) is 0 Å². The Kier molecular flexibility index (Phi) is 3.07. The van der Waals surface area contributed by atoms with Crippen LogP contribution in [0.2, 0.25) is 0 Å². The van der Waals surface area contributed by atoms with Gasteiger partial charge in [0.25, 0.3) is 0 Å². The van der Waals surface area contributed by atoms with Crippen molar-refractivity contribution < 1.29 is 37.1 Å². The summed E-state index contributed by atoms with van der Waals surface area (Å²) in [7, 11) is -4.03. The van der Waals surface area contributed by atoms with E-state index in [0.717, 1.165) is 6.07 Å². The fraction of sp³-hybridized carbons (Fsp3) is 0.125. The molecule has 2 heterocycles. The van der Waals surface area contributed by atoms with E-state index < -0.39 is 39.6 Å². The third-order valence-corrected chi connectivity index (χ3v) is 6.08. The minimum absolute atomic E-state index is 0.00581. The molecule has 8 nitrogen and oxygen atoms in total. The summed E-state index contributed by atoms with van der Waals surface area (Å²) in [5, 5.41) is 0. The van der Waals surface area contributed by atoms with Gasteiger partial charge < -0.3 is 9.47 Å². The molecule has 0 saturated carbocycles. The van der Waals surface area contributed by atoms with E-state index in [-0.39, 0.29) is 32.9 Å². The van der Waals surface area contributed by atoms with Crippen molar-refractivity contribution in [3.05, 3.63) is 52.0 Å². The standard InChI is InChI=1S/C16H8O8S/c17-13-9-3-1-7(5-11(9)15(19)23-13)25(21,22)8-2-4-10-12(6-8)16(20)24-14(10)18/h1-5,12H,6H2. The lowest BCUT2D eigenvalue weighted by Crippen LogP contribution is -2.17. The average molecular weight is 360 g/mol. The van der Waals surface area contributed by atoms with Crippen LogP contribution in [-0.2, 0) is 28.9 Å². The Bertz CT molecular complexity index is 1060. The maximum Gasteiger partial charge on any atom is 0.346 e. The van der Waals surface area contributed by atoms with Gasteiger partial charge in [-0.3, -0.25) is 4.79 Å². The zero-order valence-electron chi connectivity index (χ0n) is 12.3. The molecule has 9 heteroatoms. The molecule has 0 amide bonds. The zero-order chi connectivity index (χ0) is 17.9. The number of ether oxygens (including phenoxy) is 2. The first-order valence-corrected chi connectivity index (χ1v) is 8.60. The van der Waals surface area contributed by atoms with Crippen LogP contribution in [0.25, 0.3) is 0 Å². The van der Waals surface area contributed by atoms with Gasteiger partial charge in [0.1, 0.15) is 0 Å². The lowest BCUT2D eigenvalue weighted by Gasteiger charge is -2.15. The van der Waals surface area contributed by atoms with Crippen LogP contribution in [0.15, 0.2) is 45.7 Å². The number of hydrogen-bond acceptors (Lipinski definition) is 8. The van der Waals surface area contributed by atoms with Gasteiger partial charge >= 0.3 is 23.9 Å². The number of cyclic esters (lactones) is 4. The van der Waals surface area contributed by atoms with Crippen LogP contribution < -0.4 is 0 Å². The van der Waals surface area contributed by atoms with Crippen molar-refractivity contribution >= 4 is 33.7 Å². The quantitative estimate of drug-likeness (QED) is 0.558. The number of hydrogen-bond donors (Lipinski definition) is 0. The van der Waals surface area contributed by atoms with Gasteiger partial charge in [0, 0.05) is 6.42 Å². The average Bonchev–Trinajstić information content (AvgIpc) is 3.03. The van der Waals surface area contributed by atoms with Crippen molar-refractivity contribution in [1.82, 2.24) is 0 Å². The topological polar surface area (TPSA) is 121 Å². The largest absolute Gasteiger partial charge is 0.389 e. The Hall–Kier alpha value is -3.07. The summed E-state index contributed by atoms with van der Waals surface area (Å²) in [5.41, 5.74) is -0.0185. The van der Waals surface area contributed by atoms with Crippen molar-refractivity contribution in [2.75, 3.05) is 0 Å². The Morgan fingerprint density at radius 2 is 1.60 bits per heavy atom. The molecular formula is C16H8O8S. The third-order valence-electron chi connectivity index (χ3n) is 4.21. The molecule has 4 rings (SSSR count). The van der Waals surface area contributed by atoms with Crippen LogP contribution in [0.3, 0.4) is 0 Å². The molecular weight excluding hydrogens is 352 g/mol. The van der Waals surface area contributed by atoms with E-state index in [4.69, 9.17) is 0 Å². The first kappa shape index (κ1) is 15.5. The Labute approximate surface area is 140 Å². The van der Waals surface area contributed by atoms with Crippen molar-refractivity contribution in [3.63, 3.8) is 0 Å². The molecule has 25 heavy (non-hydrogen) atoms. The molecule has 2 aliphatic heterocycles. The second kappa shape index (κ2) is 4.96.